The maximum Gasteiger partial charge on any atom is 0.258 e. The van der Waals surface area contributed by atoms with Gasteiger partial charge >= 0.3 is 0 Å². The van der Waals surface area contributed by atoms with Gasteiger partial charge in [0.05, 0.1) is 6.54 Å². The van der Waals surface area contributed by atoms with E-state index in [4.69, 9.17) is 11.6 Å². The van der Waals surface area contributed by atoms with Crippen molar-refractivity contribution in [1.29, 1.82) is 0 Å². The lowest BCUT2D eigenvalue weighted by Crippen LogP contribution is -2.30. The number of hydrogen-bond acceptors (Lipinski definition) is 2. The fourth-order valence-electron chi connectivity index (χ4n) is 2.87. The van der Waals surface area contributed by atoms with Crippen LogP contribution in [-0.2, 0) is 13.0 Å². The van der Waals surface area contributed by atoms with Crippen LogP contribution in [-0.4, -0.2) is 10.9 Å². The second kappa shape index (κ2) is 8.63. The standard InChI is InChI=1S/C22H21ClN2O/c1-2-9-19-14-18(15-21(23)24-19)22(26)25(20-12-7-4-8-13-20)16-17-10-5-3-6-11-17/h3-8,10-15H,2,9,16H2,1H3. The molecule has 0 N–H and O–H groups in total. The number of nitrogens with zero attached hydrogens (tertiary/aromatic N) is 2. The Morgan fingerprint density at radius 3 is 2.31 bits per heavy atom. The number of para-hydroxylation sites is 1. The molecule has 0 aliphatic carbocycles. The van der Waals surface area contributed by atoms with Gasteiger partial charge in [0.1, 0.15) is 5.15 Å². The number of carbonyl (C=O) groups is 1. The van der Waals surface area contributed by atoms with E-state index in [-0.39, 0.29) is 5.91 Å². The molecule has 0 fully saturated rings. The molecule has 1 amide bonds. The van der Waals surface area contributed by atoms with E-state index >= 15 is 0 Å². The minimum absolute atomic E-state index is 0.0818. The number of carbonyl (C=O) groups excluding carboxylic acids is 1. The number of benzene rings is 2. The monoisotopic (exact) mass is 364 g/mol. The van der Waals surface area contributed by atoms with Crippen molar-refractivity contribution >= 4 is 23.2 Å². The van der Waals surface area contributed by atoms with Crippen molar-refractivity contribution in [1.82, 2.24) is 4.98 Å². The van der Waals surface area contributed by atoms with Crippen LogP contribution in [0.4, 0.5) is 5.69 Å². The van der Waals surface area contributed by atoms with Gasteiger partial charge in [-0.1, -0.05) is 73.5 Å². The number of aromatic nitrogens is 1. The zero-order valence-electron chi connectivity index (χ0n) is 14.7. The fourth-order valence-corrected chi connectivity index (χ4v) is 3.10. The second-order valence-corrected chi connectivity index (χ2v) is 6.52. The quantitative estimate of drug-likeness (QED) is 0.538. The number of rotatable bonds is 6. The third-order valence-electron chi connectivity index (χ3n) is 4.10. The molecule has 0 radical (unpaired) electrons. The van der Waals surface area contributed by atoms with Crippen molar-refractivity contribution in [3.8, 4) is 0 Å². The second-order valence-electron chi connectivity index (χ2n) is 6.13. The Kier molecular flexibility index (Phi) is 6.03. The van der Waals surface area contributed by atoms with Crippen LogP contribution in [0.15, 0.2) is 72.8 Å². The highest BCUT2D eigenvalue weighted by atomic mass is 35.5. The molecular weight excluding hydrogens is 344 g/mol. The summed E-state index contributed by atoms with van der Waals surface area (Å²) in [5.74, 6) is -0.0818. The van der Waals surface area contributed by atoms with Gasteiger partial charge in [0, 0.05) is 16.9 Å². The molecule has 0 atom stereocenters. The van der Waals surface area contributed by atoms with E-state index < -0.39 is 0 Å². The van der Waals surface area contributed by atoms with Crippen LogP contribution in [0.1, 0.15) is 35.0 Å². The highest BCUT2D eigenvalue weighted by Gasteiger charge is 2.19. The van der Waals surface area contributed by atoms with Gasteiger partial charge in [-0.25, -0.2) is 4.98 Å². The molecule has 2 aromatic carbocycles. The van der Waals surface area contributed by atoms with Crippen LogP contribution in [0.3, 0.4) is 0 Å². The Hall–Kier alpha value is -2.65. The van der Waals surface area contributed by atoms with E-state index in [1.165, 1.54) is 0 Å². The summed E-state index contributed by atoms with van der Waals surface area (Å²) in [4.78, 5) is 19.4. The summed E-state index contributed by atoms with van der Waals surface area (Å²) in [7, 11) is 0. The summed E-state index contributed by atoms with van der Waals surface area (Å²) in [5, 5.41) is 0.354. The van der Waals surface area contributed by atoms with E-state index in [9.17, 15) is 4.79 Å². The molecule has 1 aromatic heterocycles. The Labute approximate surface area is 159 Å². The van der Waals surface area contributed by atoms with Gasteiger partial charge in [-0.2, -0.15) is 0 Å². The summed E-state index contributed by atoms with van der Waals surface area (Å²) in [6.07, 6.45) is 1.75. The maximum atomic E-state index is 13.3. The number of anilines is 1. The molecule has 0 aliphatic rings. The first kappa shape index (κ1) is 18.2. The molecule has 0 saturated carbocycles. The zero-order chi connectivity index (χ0) is 18.4. The van der Waals surface area contributed by atoms with Crippen LogP contribution in [0.5, 0.6) is 0 Å². The minimum Gasteiger partial charge on any atom is -0.304 e. The first-order valence-corrected chi connectivity index (χ1v) is 9.12. The molecule has 0 bridgehead atoms. The summed E-state index contributed by atoms with van der Waals surface area (Å²) in [6.45, 7) is 2.57. The molecule has 0 spiro atoms. The lowest BCUT2D eigenvalue weighted by molar-refractivity contribution is 0.0985. The molecule has 1 heterocycles. The number of halogens is 1. The fraction of sp³-hybridized carbons (Fsp3) is 0.182. The van der Waals surface area contributed by atoms with Gasteiger partial charge < -0.3 is 4.90 Å². The smallest absolute Gasteiger partial charge is 0.258 e. The van der Waals surface area contributed by atoms with E-state index in [1.54, 1.807) is 11.0 Å². The van der Waals surface area contributed by atoms with E-state index in [0.29, 0.717) is 17.3 Å². The van der Waals surface area contributed by atoms with E-state index in [1.807, 2.05) is 66.7 Å². The number of aryl methyl sites for hydroxylation is 1. The Bertz CT molecular complexity index is 866. The predicted molar refractivity (Wildman–Crippen MR) is 107 cm³/mol. The molecule has 26 heavy (non-hydrogen) atoms. The van der Waals surface area contributed by atoms with Crippen molar-refractivity contribution < 1.29 is 4.79 Å². The number of hydrogen-bond donors (Lipinski definition) is 0. The molecule has 0 aliphatic heterocycles. The topological polar surface area (TPSA) is 33.2 Å². The molecule has 0 saturated heterocycles. The normalized spacial score (nSPS) is 10.5. The number of pyridine rings is 1. The van der Waals surface area contributed by atoms with Crippen molar-refractivity contribution in [2.24, 2.45) is 0 Å². The SMILES string of the molecule is CCCc1cc(C(=O)N(Cc2ccccc2)c2ccccc2)cc(Cl)n1. The van der Waals surface area contributed by atoms with Gasteiger partial charge in [-0.05, 0) is 36.2 Å². The van der Waals surface area contributed by atoms with Gasteiger partial charge in [-0.3, -0.25) is 4.79 Å². The summed E-state index contributed by atoms with van der Waals surface area (Å²) in [5.41, 5.74) is 3.33. The van der Waals surface area contributed by atoms with Crippen LogP contribution >= 0.6 is 11.6 Å². The Morgan fingerprint density at radius 1 is 1.00 bits per heavy atom. The first-order valence-electron chi connectivity index (χ1n) is 8.74. The minimum atomic E-state index is -0.0818. The largest absolute Gasteiger partial charge is 0.304 e. The summed E-state index contributed by atoms with van der Waals surface area (Å²) in [6, 6.07) is 23.1. The molecule has 3 nitrogen and oxygen atoms in total. The van der Waals surface area contributed by atoms with Crippen LogP contribution in [0.25, 0.3) is 0 Å². The van der Waals surface area contributed by atoms with Crippen LogP contribution in [0, 0.1) is 0 Å². The maximum absolute atomic E-state index is 13.3. The third-order valence-corrected chi connectivity index (χ3v) is 4.29. The Morgan fingerprint density at radius 2 is 1.65 bits per heavy atom. The van der Waals surface area contributed by atoms with Gasteiger partial charge in [0.2, 0.25) is 0 Å². The highest BCUT2D eigenvalue weighted by Crippen LogP contribution is 2.22. The van der Waals surface area contributed by atoms with Crippen LogP contribution in [0.2, 0.25) is 5.15 Å². The van der Waals surface area contributed by atoms with Gasteiger partial charge in [0.25, 0.3) is 5.91 Å². The molecule has 3 rings (SSSR count). The Balaban J connectivity index is 1.97. The number of amides is 1. The molecule has 4 heteroatoms. The van der Waals surface area contributed by atoms with Crippen molar-refractivity contribution in [3.05, 3.63) is 94.8 Å². The summed E-state index contributed by atoms with van der Waals surface area (Å²) < 4.78 is 0. The van der Waals surface area contributed by atoms with Gasteiger partial charge in [0.15, 0.2) is 0 Å². The molecule has 0 unspecified atom stereocenters. The van der Waals surface area contributed by atoms with Crippen molar-refractivity contribution in [3.63, 3.8) is 0 Å². The van der Waals surface area contributed by atoms with Crippen molar-refractivity contribution in [2.45, 2.75) is 26.3 Å². The predicted octanol–water partition coefficient (Wildman–Crippen LogP) is 5.53. The first-order chi connectivity index (χ1) is 12.7. The highest BCUT2D eigenvalue weighted by molar-refractivity contribution is 6.29. The lowest BCUT2D eigenvalue weighted by Gasteiger charge is -2.23. The van der Waals surface area contributed by atoms with E-state index in [2.05, 4.69) is 11.9 Å². The lowest BCUT2D eigenvalue weighted by atomic mass is 10.1. The van der Waals surface area contributed by atoms with Crippen LogP contribution < -0.4 is 4.90 Å². The average molecular weight is 365 g/mol. The summed E-state index contributed by atoms with van der Waals surface area (Å²) >= 11 is 6.16. The van der Waals surface area contributed by atoms with Gasteiger partial charge in [-0.15, -0.1) is 0 Å². The average Bonchev–Trinajstić information content (AvgIpc) is 2.67. The van der Waals surface area contributed by atoms with Crippen molar-refractivity contribution in [2.75, 3.05) is 4.90 Å². The molecule has 132 valence electrons. The molecular formula is C22H21ClN2O. The molecule has 3 aromatic rings. The van der Waals surface area contributed by atoms with E-state index in [0.717, 1.165) is 29.8 Å². The third kappa shape index (κ3) is 4.50. The zero-order valence-corrected chi connectivity index (χ0v) is 15.5.